The smallest absolute Gasteiger partial charge is 0.314 e. The van der Waals surface area contributed by atoms with E-state index in [-0.39, 0.29) is 28.5 Å². The summed E-state index contributed by atoms with van der Waals surface area (Å²) in [4.78, 5) is 10.7. The molecule has 2 rings (SSSR count). The molecule has 0 saturated heterocycles. The summed E-state index contributed by atoms with van der Waals surface area (Å²) < 4.78 is 16.3. The number of nitrogens with zero attached hydrogens (tertiary/aromatic N) is 1. The quantitative estimate of drug-likeness (QED) is 0.450. The maximum atomic E-state index is 11.0. The van der Waals surface area contributed by atoms with Crippen molar-refractivity contribution >= 4 is 21.6 Å². The molecule has 3 atom stereocenters. The second-order valence-corrected chi connectivity index (χ2v) is 5.59. The molecule has 0 heterocycles. The minimum absolute atomic E-state index is 0.0267. The molecule has 1 saturated carbocycles. The number of hydrogen-bond donors (Lipinski definition) is 0. The van der Waals surface area contributed by atoms with Crippen LogP contribution in [0.15, 0.2) is 18.2 Å². The van der Waals surface area contributed by atoms with E-state index >= 15 is 0 Å². The Bertz CT molecular complexity index is 496. The monoisotopic (exact) mass is 345 g/mol. The van der Waals surface area contributed by atoms with Crippen molar-refractivity contribution in [3.05, 3.63) is 28.3 Å². The van der Waals surface area contributed by atoms with Gasteiger partial charge < -0.3 is 14.2 Å². The normalized spacial score (nSPS) is 24.9. The Morgan fingerprint density at radius 2 is 2.25 bits per heavy atom. The van der Waals surface area contributed by atoms with E-state index in [4.69, 9.17) is 14.2 Å². The van der Waals surface area contributed by atoms with E-state index in [2.05, 4.69) is 15.9 Å². The summed E-state index contributed by atoms with van der Waals surface area (Å²) in [6, 6.07) is 4.58. The fraction of sp³-hybridized carbons (Fsp3) is 0.538. The molecule has 1 aliphatic rings. The lowest BCUT2D eigenvalue weighted by atomic mass is 9.91. The van der Waals surface area contributed by atoms with Crippen LogP contribution in [0.25, 0.3) is 0 Å². The van der Waals surface area contributed by atoms with Gasteiger partial charge in [0.05, 0.1) is 18.1 Å². The zero-order chi connectivity index (χ0) is 14.7. The van der Waals surface area contributed by atoms with Crippen molar-refractivity contribution in [3.8, 4) is 11.5 Å². The van der Waals surface area contributed by atoms with E-state index < -0.39 is 4.92 Å². The highest BCUT2D eigenvalue weighted by atomic mass is 79.9. The lowest BCUT2D eigenvalue weighted by Crippen LogP contribution is -2.52. The summed E-state index contributed by atoms with van der Waals surface area (Å²) in [6.45, 7) is 2.53. The molecule has 0 bridgehead atoms. The third-order valence-corrected chi connectivity index (χ3v) is 4.07. The molecule has 0 radical (unpaired) electrons. The van der Waals surface area contributed by atoms with Gasteiger partial charge in [-0.05, 0) is 19.1 Å². The van der Waals surface area contributed by atoms with Gasteiger partial charge >= 0.3 is 5.69 Å². The minimum Gasteiger partial charge on any atom is -0.490 e. The highest BCUT2D eigenvalue weighted by Crippen LogP contribution is 2.36. The van der Waals surface area contributed by atoms with Crippen molar-refractivity contribution in [2.75, 3.05) is 13.7 Å². The van der Waals surface area contributed by atoms with Crippen molar-refractivity contribution in [3.63, 3.8) is 0 Å². The Labute approximate surface area is 125 Å². The van der Waals surface area contributed by atoms with Gasteiger partial charge in [0.25, 0.3) is 0 Å². The number of benzene rings is 1. The number of halogens is 1. The summed E-state index contributed by atoms with van der Waals surface area (Å²) in [6.07, 6.45) is 0.693. The van der Waals surface area contributed by atoms with Crippen LogP contribution in [0.5, 0.6) is 11.5 Å². The Kier molecular flexibility index (Phi) is 4.82. The molecule has 20 heavy (non-hydrogen) atoms. The van der Waals surface area contributed by atoms with Crippen molar-refractivity contribution in [1.82, 2.24) is 0 Å². The Balaban J connectivity index is 2.10. The van der Waals surface area contributed by atoms with Gasteiger partial charge in [-0.2, -0.15) is 0 Å². The van der Waals surface area contributed by atoms with Gasteiger partial charge in [0, 0.05) is 17.9 Å². The van der Waals surface area contributed by atoms with Crippen molar-refractivity contribution in [2.24, 2.45) is 0 Å². The summed E-state index contributed by atoms with van der Waals surface area (Å²) >= 11 is 3.51. The Morgan fingerprint density at radius 1 is 1.50 bits per heavy atom. The lowest BCUT2D eigenvalue weighted by molar-refractivity contribution is -0.385. The highest BCUT2D eigenvalue weighted by Gasteiger charge is 2.42. The van der Waals surface area contributed by atoms with Crippen LogP contribution < -0.4 is 9.47 Å². The van der Waals surface area contributed by atoms with Gasteiger partial charge in [-0.3, -0.25) is 10.1 Å². The van der Waals surface area contributed by atoms with E-state index in [9.17, 15) is 10.1 Å². The van der Waals surface area contributed by atoms with E-state index in [1.54, 1.807) is 6.07 Å². The molecular weight excluding hydrogens is 330 g/mol. The van der Waals surface area contributed by atoms with Crippen molar-refractivity contribution in [1.29, 1.82) is 0 Å². The molecule has 1 aromatic rings. The number of methoxy groups -OCH3 is 1. The number of ether oxygens (including phenoxy) is 3. The fourth-order valence-electron chi connectivity index (χ4n) is 2.11. The van der Waals surface area contributed by atoms with Gasteiger partial charge in [0.15, 0.2) is 5.75 Å². The standard InChI is InChI=1S/C13H16BrNO5/c1-3-19-13-9(14)7-12(13)20-8-4-5-11(18-2)10(6-8)15(16)17/h4-6,9,12-13H,3,7H2,1-2H3. The predicted molar refractivity (Wildman–Crippen MR) is 76.8 cm³/mol. The molecule has 1 fully saturated rings. The number of rotatable bonds is 6. The van der Waals surface area contributed by atoms with Crippen LogP contribution in [0.1, 0.15) is 13.3 Å². The van der Waals surface area contributed by atoms with Gasteiger partial charge in [-0.25, -0.2) is 0 Å². The Hall–Kier alpha value is -1.34. The molecule has 1 aliphatic carbocycles. The predicted octanol–water partition coefficient (Wildman–Crippen LogP) is 2.92. The molecule has 0 spiro atoms. The van der Waals surface area contributed by atoms with Crippen molar-refractivity contribution in [2.45, 2.75) is 30.4 Å². The van der Waals surface area contributed by atoms with Crippen LogP contribution in [0.3, 0.4) is 0 Å². The van der Waals surface area contributed by atoms with E-state index in [0.29, 0.717) is 12.4 Å². The number of hydrogen-bond acceptors (Lipinski definition) is 5. The first-order valence-electron chi connectivity index (χ1n) is 6.31. The van der Waals surface area contributed by atoms with Crippen LogP contribution in [-0.4, -0.2) is 35.7 Å². The van der Waals surface area contributed by atoms with Gasteiger partial charge in [-0.1, -0.05) is 15.9 Å². The molecule has 3 unspecified atom stereocenters. The molecule has 110 valence electrons. The zero-order valence-corrected chi connectivity index (χ0v) is 12.8. The zero-order valence-electron chi connectivity index (χ0n) is 11.2. The van der Waals surface area contributed by atoms with E-state index in [1.165, 1.54) is 19.2 Å². The van der Waals surface area contributed by atoms with Crippen molar-refractivity contribution < 1.29 is 19.1 Å². The molecular formula is C13H16BrNO5. The third-order valence-electron chi connectivity index (χ3n) is 3.17. The number of nitro groups is 1. The average Bonchev–Trinajstić information content (AvgIpc) is 2.44. The van der Waals surface area contributed by atoms with Crippen LogP contribution in [-0.2, 0) is 4.74 Å². The fourth-order valence-corrected chi connectivity index (χ4v) is 2.97. The molecule has 6 nitrogen and oxygen atoms in total. The average molecular weight is 346 g/mol. The summed E-state index contributed by atoms with van der Waals surface area (Å²) in [5, 5.41) is 11.0. The molecule has 0 N–H and O–H groups in total. The highest BCUT2D eigenvalue weighted by molar-refractivity contribution is 9.09. The lowest BCUT2D eigenvalue weighted by Gasteiger charge is -2.40. The molecule has 1 aromatic carbocycles. The summed E-state index contributed by atoms with van der Waals surface area (Å²) in [7, 11) is 1.40. The minimum atomic E-state index is -0.486. The van der Waals surface area contributed by atoms with E-state index in [0.717, 1.165) is 6.42 Å². The molecule has 0 aliphatic heterocycles. The SMILES string of the molecule is CCOC1C(Br)CC1Oc1ccc(OC)c([N+](=O)[O-])c1. The summed E-state index contributed by atoms with van der Waals surface area (Å²) in [5.41, 5.74) is -0.104. The van der Waals surface area contributed by atoms with Crippen LogP contribution in [0.4, 0.5) is 5.69 Å². The Morgan fingerprint density at radius 3 is 2.80 bits per heavy atom. The number of nitro benzene ring substituents is 1. The van der Waals surface area contributed by atoms with Gasteiger partial charge in [-0.15, -0.1) is 0 Å². The second-order valence-electron chi connectivity index (χ2n) is 4.42. The molecule has 0 aromatic heterocycles. The molecule has 0 amide bonds. The third kappa shape index (κ3) is 3.04. The second kappa shape index (κ2) is 6.41. The first kappa shape index (κ1) is 15.1. The first-order valence-corrected chi connectivity index (χ1v) is 7.23. The first-order chi connectivity index (χ1) is 9.56. The van der Waals surface area contributed by atoms with Gasteiger partial charge in [0.2, 0.25) is 0 Å². The molecule has 7 heteroatoms. The van der Waals surface area contributed by atoms with Gasteiger partial charge in [0.1, 0.15) is 18.0 Å². The number of alkyl halides is 1. The topological polar surface area (TPSA) is 70.8 Å². The maximum absolute atomic E-state index is 11.0. The maximum Gasteiger partial charge on any atom is 0.314 e. The largest absolute Gasteiger partial charge is 0.490 e. The van der Waals surface area contributed by atoms with Crippen LogP contribution in [0.2, 0.25) is 0 Å². The summed E-state index contributed by atoms with van der Waals surface area (Å²) in [5.74, 6) is 0.669. The van der Waals surface area contributed by atoms with E-state index in [1.807, 2.05) is 6.92 Å². The van der Waals surface area contributed by atoms with Crippen LogP contribution in [0, 0.1) is 10.1 Å². The van der Waals surface area contributed by atoms with Crippen LogP contribution >= 0.6 is 15.9 Å².